The molecule has 8 heteroatoms. The van der Waals surface area contributed by atoms with E-state index in [1.54, 1.807) is 6.07 Å². The number of carbonyl (C=O) groups is 2. The van der Waals surface area contributed by atoms with E-state index in [2.05, 4.69) is 26.3 Å². The summed E-state index contributed by atoms with van der Waals surface area (Å²) in [5.41, 5.74) is 0.0692. The lowest BCUT2D eigenvalue weighted by atomic mass is 10.3. The first-order valence-electron chi connectivity index (χ1n) is 5.97. The highest BCUT2D eigenvalue weighted by atomic mass is 79.9. The van der Waals surface area contributed by atoms with E-state index < -0.39 is 17.7 Å². The molecule has 1 heterocycles. The number of nitrogens with one attached hydrogen (secondary N) is 1. The molecule has 0 atom stereocenters. The van der Waals surface area contributed by atoms with Crippen LogP contribution in [0, 0.1) is 5.82 Å². The van der Waals surface area contributed by atoms with Gasteiger partial charge in [0.1, 0.15) is 11.5 Å². The van der Waals surface area contributed by atoms with Gasteiger partial charge in [0.2, 0.25) is 5.91 Å². The molecule has 110 valence electrons. The molecular formula is C13H11BrFN3O3. The summed E-state index contributed by atoms with van der Waals surface area (Å²) in [7, 11) is 0. The van der Waals surface area contributed by atoms with Crippen molar-refractivity contribution >= 4 is 33.5 Å². The summed E-state index contributed by atoms with van der Waals surface area (Å²) in [5, 5.41) is 15.1. The highest BCUT2D eigenvalue weighted by Gasteiger charge is 2.12. The van der Waals surface area contributed by atoms with Crippen LogP contribution in [0.3, 0.4) is 0 Å². The lowest BCUT2D eigenvalue weighted by molar-refractivity contribution is -0.116. The first kappa shape index (κ1) is 15.2. The number of carbonyl (C=O) groups excluding carboxylic acids is 1. The minimum Gasteiger partial charge on any atom is -0.477 e. The highest BCUT2D eigenvalue weighted by molar-refractivity contribution is 9.10. The molecule has 0 aliphatic heterocycles. The maximum absolute atomic E-state index is 13.6. The molecule has 0 unspecified atom stereocenters. The molecule has 0 aliphatic carbocycles. The summed E-state index contributed by atoms with van der Waals surface area (Å²) in [4.78, 5) is 22.6. The Morgan fingerprint density at radius 2 is 2.14 bits per heavy atom. The number of benzene rings is 1. The number of carboxylic acids is 1. The molecule has 1 aromatic heterocycles. The molecule has 6 nitrogen and oxygen atoms in total. The Morgan fingerprint density at radius 3 is 2.81 bits per heavy atom. The normalized spacial score (nSPS) is 10.4. The van der Waals surface area contributed by atoms with Crippen LogP contribution < -0.4 is 5.32 Å². The molecule has 1 aromatic carbocycles. The third-order valence-electron chi connectivity index (χ3n) is 2.69. The summed E-state index contributed by atoms with van der Waals surface area (Å²) in [6, 6.07) is 5.63. The molecule has 2 aromatic rings. The Hall–Kier alpha value is -2.22. The molecule has 2 rings (SSSR count). The lowest BCUT2D eigenvalue weighted by Gasteiger charge is -2.07. The van der Waals surface area contributed by atoms with Crippen molar-refractivity contribution in [1.29, 1.82) is 0 Å². The summed E-state index contributed by atoms with van der Waals surface area (Å²) >= 11 is 3.12. The Morgan fingerprint density at radius 1 is 1.38 bits per heavy atom. The van der Waals surface area contributed by atoms with Gasteiger partial charge in [-0.25, -0.2) is 9.18 Å². The van der Waals surface area contributed by atoms with E-state index in [1.807, 2.05) is 0 Å². The van der Waals surface area contributed by atoms with Gasteiger partial charge in [-0.1, -0.05) is 15.9 Å². The van der Waals surface area contributed by atoms with Crippen LogP contribution in [0.25, 0.3) is 0 Å². The number of hydrogen-bond acceptors (Lipinski definition) is 3. The van der Waals surface area contributed by atoms with Crippen LogP contribution in [0.15, 0.2) is 34.9 Å². The van der Waals surface area contributed by atoms with Gasteiger partial charge in [0.05, 0.1) is 12.2 Å². The summed E-state index contributed by atoms with van der Waals surface area (Å²) in [6.45, 7) is 0.0958. The predicted octanol–water partition coefficient (Wildman–Crippen LogP) is 2.51. The van der Waals surface area contributed by atoms with Gasteiger partial charge in [-0.05, 0) is 24.3 Å². The van der Waals surface area contributed by atoms with Crippen LogP contribution >= 0.6 is 15.9 Å². The first-order chi connectivity index (χ1) is 9.97. The average Bonchev–Trinajstić information content (AvgIpc) is 2.88. The fourth-order valence-corrected chi connectivity index (χ4v) is 2.04. The van der Waals surface area contributed by atoms with Crippen molar-refractivity contribution in [2.24, 2.45) is 0 Å². The molecule has 1 amide bonds. The number of aromatic carboxylic acids is 1. The molecule has 0 radical (unpaired) electrons. The molecule has 0 saturated heterocycles. The molecule has 21 heavy (non-hydrogen) atoms. The van der Waals surface area contributed by atoms with Crippen LogP contribution in [0.4, 0.5) is 10.1 Å². The van der Waals surface area contributed by atoms with Crippen LogP contribution in [-0.2, 0) is 11.3 Å². The quantitative estimate of drug-likeness (QED) is 0.862. The SMILES string of the molecule is O=C(CCn1nccc1C(=O)O)Nc1ccc(Br)cc1F. The van der Waals surface area contributed by atoms with Gasteiger partial charge in [0, 0.05) is 17.1 Å². The van der Waals surface area contributed by atoms with Gasteiger partial charge in [-0.15, -0.1) is 0 Å². The topological polar surface area (TPSA) is 84.2 Å². The van der Waals surface area contributed by atoms with Crippen molar-refractivity contribution in [3.05, 3.63) is 46.4 Å². The zero-order chi connectivity index (χ0) is 15.4. The number of anilines is 1. The number of halogens is 2. The van der Waals surface area contributed by atoms with Gasteiger partial charge >= 0.3 is 5.97 Å². The number of carboxylic acid groups (broad SMARTS) is 1. The Kier molecular flexibility index (Phi) is 4.69. The molecule has 0 bridgehead atoms. The van der Waals surface area contributed by atoms with E-state index in [1.165, 1.54) is 29.1 Å². The van der Waals surface area contributed by atoms with Gasteiger partial charge in [-0.2, -0.15) is 5.10 Å². The second-order valence-corrected chi connectivity index (χ2v) is 5.08. The Bertz CT molecular complexity index is 687. The lowest BCUT2D eigenvalue weighted by Crippen LogP contribution is -2.18. The van der Waals surface area contributed by atoms with Gasteiger partial charge < -0.3 is 10.4 Å². The number of amides is 1. The first-order valence-corrected chi connectivity index (χ1v) is 6.76. The monoisotopic (exact) mass is 355 g/mol. The van der Waals surface area contributed by atoms with Crippen molar-refractivity contribution in [2.45, 2.75) is 13.0 Å². The summed E-state index contributed by atoms with van der Waals surface area (Å²) < 4.78 is 15.3. The highest BCUT2D eigenvalue weighted by Crippen LogP contribution is 2.19. The van der Waals surface area contributed by atoms with E-state index in [9.17, 15) is 14.0 Å². The van der Waals surface area contributed by atoms with E-state index in [4.69, 9.17) is 5.11 Å². The van der Waals surface area contributed by atoms with E-state index in [0.29, 0.717) is 4.47 Å². The second-order valence-electron chi connectivity index (χ2n) is 4.17. The third-order valence-corrected chi connectivity index (χ3v) is 3.18. The third kappa shape index (κ3) is 3.88. The van der Waals surface area contributed by atoms with E-state index >= 15 is 0 Å². The van der Waals surface area contributed by atoms with Gasteiger partial charge in [-0.3, -0.25) is 9.48 Å². The number of rotatable bonds is 5. The maximum Gasteiger partial charge on any atom is 0.354 e. The number of aryl methyl sites for hydroxylation is 1. The number of hydrogen-bond donors (Lipinski definition) is 2. The second kappa shape index (κ2) is 6.49. The predicted molar refractivity (Wildman–Crippen MR) is 76.5 cm³/mol. The summed E-state index contributed by atoms with van der Waals surface area (Å²) in [6.07, 6.45) is 1.33. The Labute approximate surface area is 127 Å². The summed E-state index contributed by atoms with van der Waals surface area (Å²) in [5.74, 6) is -2.10. The van der Waals surface area contributed by atoms with E-state index in [-0.39, 0.29) is 24.3 Å². The van der Waals surface area contributed by atoms with Crippen molar-refractivity contribution in [1.82, 2.24) is 9.78 Å². The molecule has 2 N–H and O–H groups in total. The molecule has 0 fully saturated rings. The minimum absolute atomic E-state index is 0.00220. The van der Waals surface area contributed by atoms with Crippen molar-refractivity contribution in [3.63, 3.8) is 0 Å². The average molecular weight is 356 g/mol. The fraction of sp³-hybridized carbons (Fsp3) is 0.154. The van der Waals surface area contributed by atoms with Crippen LogP contribution in [0.5, 0.6) is 0 Å². The minimum atomic E-state index is -1.12. The standard InChI is InChI=1S/C13H11BrFN3O3/c14-8-1-2-10(9(15)7-8)17-12(19)4-6-18-11(13(20)21)3-5-16-18/h1-3,5,7H,4,6H2,(H,17,19)(H,20,21). The molecular weight excluding hydrogens is 345 g/mol. The molecule has 0 spiro atoms. The zero-order valence-electron chi connectivity index (χ0n) is 10.7. The van der Waals surface area contributed by atoms with Gasteiger partial charge in [0.15, 0.2) is 0 Å². The number of nitrogens with zero attached hydrogens (tertiary/aromatic N) is 2. The smallest absolute Gasteiger partial charge is 0.354 e. The zero-order valence-corrected chi connectivity index (χ0v) is 12.3. The van der Waals surface area contributed by atoms with E-state index in [0.717, 1.165) is 0 Å². The van der Waals surface area contributed by atoms with Crippen LogP contribution in [0.1, 0.15) is 16.9 Å². The van der Waals surface area contributed by atoms with Gasteiger partial charge in [0.25, 0.3) is 0 Å². The maximum atomic E-state index is 13.6. The van der Waals surface area contributed by atoms with Crippen molar-refractivity contribution in [3.8, 4) is 0 Å². The van der Waals surface area contributed by atoms with Crippen LogP contribution in [0.2, 0.25) is 0 Å². The largest absolute Gasteiger partial charge is 0.477 e. The molecule has 0 saturated carbocycles. The van der Waals surface area contributed by atoms with Crippen LogP contribution in [-0.4, -0.2) is 26.8 Å². The Balaban J connectivity index is 1.96. The van der Waals surface area contributed by atoms with Crippen molar-refractivity contribution < 1.29 is 19.1 Å². The number of aromatic nitrogens is 2. The molecule has 0 aliphatic rings. The fourth-order valence-electron chi connectivity index (χ4n) is 1.70. The van der Waals surface area contributed by atoms with Crippen molar-refractivity contribution in [2.75, 3.05) is 5.32 Å².